The molecule has 0 aromatic carbocycles. The van der Waals surface area contributed by atoms with E-state index in [0.717, 1.165) is 34.8 Å². The maximum absolute atomic E-state index is 12.9. The number of rotatable bonds is 11. The molecule has 1 saturated heterocycles. The van der Waals surface area contributed by atoms with Crippen LogP contribution >= 0.6 is 11.8 Å². The molecule has 38 heavy (non-hydrogen) atoms. The molecule has 1 rings (SSSR count). The third-order valence-corrected chi connectivity index (χ3v) is 6.33. The minimum atomic E-state index is -2.01. The normalized spacial score (nSPS) is 24.1. The summed E-state index contributed by atoms with van der Waals surface area (Å²) in [5, 5.41) is 2.04. The largest absolute Gasteiger partial charge is 0.466 e. The Kier molecular flexibility index (Phi) is 12.7. The van der Waals surface area contributed by atoms with Crippen LogP contribution in [-0.2, 0) is 62.0 Å². The molecular formula is C23H33NO13S. The molecule has 0 saturated carbocycles. The monoisotopic (exact) mass is 563 g/mol. The van der Waals surface area contributed by atoms with Crippen LogP contribution < -0.4 is 5.32 Å². The van der Waals surface area contributed by atoms with Crippen molar-refractivity contribution in [3.63, 3.8) is 0 Å². The standard InChI is InChI=1S/C23H33NO13S/c1-11(18(36-15(5)28)9-33-12(2)25)21-20(24-19(30)10-34-13(3)26)17(35-14(4)27)8-23(37-21,22(31)32-7)38-16(6)29/h11,17-18,20-21H,8-10H2,1-7H3,(H,24,30)/t11-,17+,18-,20-,21+,23-/m1/s1. The highest BCUT2D eigenvalue weighted by atomic mass is 32.2. The van der Waals surface area contributed by atoms with Gasteiger partial charge in [-0.25, -0.2) is 4.79 Å². The van der Waals surface area contributed by atoms with Crippen molar-refractivity contribution < 1.29 is 62.0 Å². The third-order valence-electron chi connectivity index (χ3n) is 5.28. The molecule has 1 N–H and O–H groups in total. The summed E-state index contributed by atoms with van der Waals surface area (Å²) in [6, 6.07) is -1.20. The number of amides is 1. The first-order valence-electron chi connectivity index (χ1n) is 11.5. The van der Waals surface area contributed by atoms with E-state index in [-0.39, 0.29) is 0 Å². The van der Waals surface area contributed by atoms with E-state index in [0.29, 0.717) is 11.8 Å². The Morgan fingerprint density at radius 1 is 0.947 bits per heavy atom. The molecule has 1 aliphatic rings. The number of hydrogen-bond acceptors (Lipinski definition) is 14. The highest BCUT2D eigenvalue weighted by Crippen LogP contribution is 2.43. The summed E-state index contributed by atoms with van der Waals surface area (Å²) in [7, 11) is 1.07. The van der Waals surface area contributed by atoms with Gasteiger partial charge in [0.1, 0.15) is 18.8 Å². The third kappa shape index (κ3) is 9.93. The van der Waals surface area contributed by atoms with Crippen molar-refractivity contribution in [2.24, 2.45) is 5.92 Å². The van der Waals surface area contributed by atoms with Crippen LogP contribution in [0.5, 0.6) is 0 Å². The van der Waals surface area contributed by atoms with Crippen LogP contribution in [0.2, 0.25) is 0 Å². The summed E-state index contributed by atoms with van der Waals surface area (Å²) in [5.41, 5.74) is 0. The lowest BCUT2D eigenvalue weighted by Crippen LogP contribution is -2.66. The Morgan fingerprint density at radius 3 is 2.03 bits per heavy atom. The maximum Gasteiger partial charge on any atom is 0.349 e. The lowest BCUT2D eigenvalue weighted by atomic mass is 9.85. The van der Waals surface area contributed by atoms with E-state index >= 15 is 0 Å². The first-order chi connectivity index (χ1) is 17.6. The van der Waals surface area contributed by atoms with Gasteiger partial charge in [0.15, 0.2) is 11.7 Å². The van der Waals surface area contributed by atoms with Crippen molar-refractivity contribution in [2.45, 2.75) is 77.3 Å². The summed E-state index contributed by atoms with van der Waals surface area (Å²) in [5.74, 6) is -5.59. The molecule has 1 amide bonds. The van der Waals surface area contributed by atoms with Gasteiger partial charge in [-0.1, -0.05) is 6.92 Å². The molecule has 15 heteroatoms. The summed E-state index contributed by atoms with van der Waals surface area (Å²) in [6.07, 6.45) is -4.11. The number of carbonyl (C=O) groups is 7. The molecule has 0 unspecified atom stereocenters. The molecule has 6 atom stereocenters. The van der Waals surface area contributed by atoms with E-state index in [1.165, 1.54) is 13.8 Å². The average Bonchev–Trinajstić information content (AvgIpc) is 2.79. The Bertz CT molecular complexity index is 938. The van der Waals surface area contributed by atoms with Crippen molar-refractivity contribution in [1.82, 2.24) is 5.32 Å². The van der Waals surface area contributed by atoms with Crippen LogP contribution in [0.25, 0.3) is 0 Å². The molecule has 0 aromatic heterocycles. The zero-order valence-electron chi connectivity index (χ0n) is 22.2. The fraction of sp³-hybridized carbons (Fsp3) is 0.696. The highest BCUT2D eigenvalue weighted by Gasteiger charge is 2.57. The summed E-state index contributed by atoms with van der Waals surface area (Å²) < 4.78 is 31.5. The van der Waals surface area contributed by atoms with Crippen LogP contribution in [0.4, 0.5) is 0 Å². The summed E-state index contributed by atoms with van der Waals surface area (Å²) in [4.78, 5) is 82.1. The van der Waals surface area contributed by atoms with E-state index in [1.807, 2.05) is 0 Å². The molecule has 0 radical (unpaired) electrons. The van der Waals surface area contributed by atoms with Crippen molar-refractivity contribution in [3.8, 4) is 0 Å². The quantitative estimate of drug-likeness (QED) is 0.262. The summed E-state index contributed by atoms with van der Waals surface area (Å²) in [6.45, 7) is 6.10. The number of methoxy groups -OCH3 is 1. The van der Waals surface area contributed by atoms with E-state index in [2.05, 4.69) is 5.32 Å². The van der Waals surface area contributed by atoms with E-state index in [4.69, 9.17) is 28.4 Å². The Morgan fingerprint density at radius 2 is 1.55 bits per heavy atom. The fourth-order valence-electron chi connectivity index (χ4n) is 3.82. The van der Waals surface area contributed by atoms with Gasteiger partial charge < -0.3 is 33.7 Å². The van der Waals surface area contributed by atoms with Crippen molar-refractivity contribution in [3.05, 3.63) is 0 Å². The molecule has 0 bridgehead atoms. The first kappa shape index (κ1) is 32.8. The number of hydrogen-bond donors (Lipinski definition) is 1. The van der Waals surface area contributed by atoms with E-state index in [1.54, 1.807) is 0 Å². The topological polar surface area (TPSA) is 187 Å². The van der Waals surface area contributed by atoms with E-state index < -0.39 is 95.7 Å². The Hall–Kier alpha value is -3.20. The maximum atomic E-state index is 12.9. The number of carbonyl (C=O) groups excluding carboxylic acids is 7. The second kappa shape index (κ2) is 14.7. The number of esters is 5. The number of nitrogens with one attached hydrogen (secondary N) is 1. The lowest BCUT2D eigenvalue weighted by Gasteiger charge is -2.48. The van der Waals surface area contributed by atoms with Crippen LogP contribution in [0.1, 0.15) is 48.0 Å². The number of ether oxygens (including phenoxy) is 6. The molecule has 0 aromatic rings. The molecule has 0 aliphatic carbocycles. The molecule has 0 spiro atoms. The van der Waals surface area contributed by atoms with Crippen LogP contribution in [0.15, 0.2) is 0 Å². The SMILES string of the molecule is COC(=O)[C@]1(SC(C)=O)C[C@H](OC(C)=O)[C@@H](NC(=O)COC(C)=O)[C@H]([C@H](C)[C@@H](COC(C)=O)OC(C)=O)O1. The second-order valence-electron chi connectivity index (χ2n) is 8.46. The molecule has 1 aliphatic heterocycles. The van der Waals surface area contributed by atoms with Gasteiger partial charge in [0.2, 0.25) is 4.93 Å². The molecule has 1 heterocycles. The fourth-order valence-corrected chi connectivity index (χ4v) is 4.86. The predicted molar refractivity (Wildman–Crippen MR) is 128 cm³/mol. The van der Waals surface area contributed by atoms with Gasteiger partial charge in [0, 0.05) is 47.0 Å². The van der Waals surface area contributed by atoms with Gasteiger partial charge in [-0.15, -0.1) is 0 Å². The predicted octanol–water partition coefficient (Wildman–Crippen LogP) is 0.0348. The molecule has 14 nitrogen and oxygen atoms in total. The zero-order valence-corrected chi connectivity index (χ0v) is 23.0. The van der Waals surface area contributed by atoms with Gasteiger partial charge in [0.25, 0.3) is 5.91 Å². The van der Waals surface area contributed by atoms with Crippen molar-refractivity contribution in [2.75, 3.05) is 20.3 Å². The molecule has 1 fully saturated rings. The summed E-state index contributed by atoms with van der Waals surface area (Å²) >= 11 is 0.484. The van der Waals surface area contributed by atoms with Gasteiger partial charge in [-0.3, -0.25) is 28.8 Å². The van der Waals surface area contributed by atoms with Crippen LogP contribution in [0.3, 0.4) is 0 Å². The van der Waals surface area contributed by atoms with Gasteiger partial charge in [-0.05, 0) is 11.8 Å². The number of thioether (sulfide) groups is 1. The van der Waals surface area contributed by atoms with Crippen LogP contribution in [0, 0.1) is 5.92 Å². The van der Waals surface area contributed by atoms with Gasteiger partial charge in [0.05, 0.1) is 19.3 Å². The van der Waals surface area contributed by atoms with Crippen LogP contribution in [-0.4, -0.2) is 90.5 Å². The molecular weight excluding hydrogens is 530 g/mol. The smallest absolute Gasteiger partial charge is 0.349 e. The van der Waals surface area contributed by atoms with Crippen molar-refractivity contribution in [1.29, 1.82) is 0 Å². The van der Waals surface area contributed by atoms with Gasteiger partial charge in [-0.2, -0.15) is 0 Å². The zero-order chi connectivity index (χ0) is 29.2. The highest BCUT2D eigenvalue weighted by molar-refractivity contribution is 8.15. The van der Waals surface area contributed by atoms with Crippen molar-refractivity contribution >= 4 is 52.6 Å². The first-order valence-corrected chi connectivity index (χ1v) is 12.3. The molecule has 214 valence electrons. The Balaban J connectivity index is 3.63. The minimum absolute atomic E-state index is 0.409. The van der Waals surface area contributed by atoms with Gasteiger partial charge >= 0.3 is 29.8 Å². The second-order valence-corrected chi connectivity index (χ2v) is 9.89. The van der Waals surface area contributed by atoms with E-state index in [9.17, 15) is 33.6 Å². The average molecular weight is 564 g/mol. The minimum Gasteiger partial charge on any atom is -0.466 e. The Labute approximate surface area is 223 Å². The lowest BCUT2D eigenvalue weighted by molar-refractivity contribution is -0.206.